The van der Waals surface area contributed by atoms with Gasteiger partial charge < -0.3 is 14.7 Å². The van der Waals surface area contributed by atoms with Gasteiger partial charge in [0.05, 0.1) is 19.1 Å². The van der Waals surface area contributed by atoms with Crippen molar-refractivity contribution in [3.8, 4) is 22.6 Å². The molecule has 1 amide bonds. The van der Waals surface area contributed by atoms with E-state index in [1.54, 1.807) is 31.5 Å². The Hall–Kier alpha value is -3.77. The van der Waals surface area contributed by atoms with Crippen molar-refractivity contribution in [2.75, 3.05) is 43.9 Å². The second kappa shape index (κ2) is 11.9. The summed E-state index contributed by atoms with van der Waals surface area (Å²) in [4.78, 5) is 21.4. The van der Waals surface area contributed by atoms with Gasteiger partial charge in [0.25, 0.3) is 5.91 Å². The Morgan fingerprint density at radius 2 is 1.67 bits per heavy atom. The summed E-state index contributed by atoms with van der Waals surface area (Å²) in [6.07, 6.45) is 9.74. The molecule has 1 aromatic carbocycles. The van der Waals surface area contributed by atoms with Crippen LogP contribution >= 0.6 is 0 Å². The Morgan fingerprint density at radius 1 is 0.956 bits per heavy atom. The molecule has 45 heavy (non-hydrogen) atoms. The number of carbonyl (C=O) groups excluding carboxylic acids is 1. The minimum atomic E-state index is -3.78. The number of anilines is 1. The van der Waals surface area contributed by atoms with Gasteiger partial charge in [0, 0.05) is 50.0 Å². The molecular weight excluding hydrogens is 592 g/mol. The van der Waals surface area contributed by atoms with E-state index in [-0.39, 0.29) is 22.6 Å². The van der Waals surface area contributed by atoms with Gasteiger partial charge in [-0.15, -0.1) is 10.2 Å². The highest BCUT2D eigenvalue weighted by Crippen LogP contribution is 2.60. The summed E-state index contributed by atoms with van der Waals surface area (Å²) in [7, 11) is -2.13. The SMILES string of the molecule is COc1cc(-c2cncc(O)c2)ccc1CN1CCN(c2ccc(C(=O)NS(=O)(=O)CC34CC5CC(CC(C5)C3)C4)nn2)CC1. The van der Waals surface area contributed by atoms with E-state index in [9.17, 15) is 18.3 Å². The summed E-state index contributed by atoms with van der Waals surface area (Å²) in [5.74, 6) is 2.79. The lowest BCUT2D eigenvalue weighted by molar-refractivity contribution is -0.0391. The second-order valence-electron chi connectivity index (χ2n) is 13.6. The summed E-state index contributed by atoms with van der Waals surface area (Å²) >= 11 is 0. The quantitative estimate of drug-likeness (QED) is 0.358. The van der Waals surface area contributed by atoms with Gasteiger partial charge in [-0.05, 0) is 91.5 Å². The topological polar surface area (TPSA) is 138 Å². The molecule has 5 fully saturated rings. The zero-order chi connectivity index (χ0) is 31.2. The highest BCUT2D eigenvalue weighted by Gasteiger charge is 2.52. The maximum Gasteiger partial charge on any atom is 0.285 e. The molecule has 3 heterocycles. The summed E-state index contributed by atoms with van der Waals surface area (Å²) in [6, 6.07) is 11.0. The molecule has 1 aliphatic heterocycles. The van der Waals surface area contributed by atoms with E-state index in [1.807, 2.05) is 18.2 Å². The number of sulfonamides is 1. The number of rotatable bonds is 9. The number of benzene rings is 1. The first-order valence-electron chi connectivity index (χ1n) is 15.8. The Bertz CT molecular complexity index is 1640. The van der Waals surface area contributed by atoms with E-state index in [0.717, 1.165) is 74.4 Å². The molecule has 4 saturated carbocycles. The van der Waals surface area contributed by atoms with Crippen LogP contribution in [0.3, 0.4) is 0 Å². The van der Waals surface area contributed by atoms with Gasteiger partial charge in [-0.2, -0.15) is 0 Å². The van der Waals surface area contributed by atoms with Gasteiger partial charge in [0.1, 0.15) is 11.5 Å². The molecule has 0 spiro atoms. The predicted octanol–water partition coefficient (Wildman–Crippen LogP) is 3.85. The number of nitrogens with zero attached hydrogens (tertiary/aromatic N) is 5. The van der Waals surface area contributed by atoms with E-state index < -0.39 is 15.9 Å². The Kier molecular flexibility index (Phi) is 7.89. The number of nitrogens with one attached hydrogen (secondary N) is 1. The summed E-state index contributed by atoms with van der Waals surface area (Å²) in [5.41, 5.74) is 2.62. The Morgan fingerprint density at radius 3 is 2.29 bits per heavy atom. The van der Waals surface area contributed by atoms with Crippen molar-refractivity contribution in [1.29, 1.82) is 0 Å². The van der Waals surface area contributed by atoms with Gasteiger partial charge in [0.15, 0.2) is 11.5 Å². The van der Waals surface area contributed by atoms with Crippen LogP contribution < -0.4 is 14.4 Å². The van der Waals surface area contributed by atoms with E-state index in [0.29, 0.717) is 23.6 Å². The fourth-order valence-electron chi connectivity index (χ4n) is 8.73. The molecule has 2 N–H and O–H groups in total. The molecule has 238 valence electrons. The van der Waals surface area contributed by atoms with Crippen LogP contribution in [0.4, 0.5) is 5.82 Å². The fourth-order valence-corrected chi connectivity index (χ4v) is 10.3. The average molecular weight is 633 g/mol. The Balaban J connectivity index is 0.925. The van der Waals surface area contributed by atoms with E-state index in [1.165, 1.54) is 25.5 Å². The minimum absolute atomic E-state index is 0.00325. The minimum Gasteiger partial charge on any atom is -0.506 e. The molecular formula is C33H40N6O5S. The molecule has 5 aliphatic rings. The second-order valence-corrected chi connectivity index (χ2v) is 15.3. The normalized spacial score (nSPS) is 26.2. The lowest BCUT2D eigenvalue weighted by Gasteiger charge is -2.56. The van der Waals surface area contributed by atoms with E-state index in [4.69, 9.17) is 4.74 Å². The first-order valence-corrected chi connectivity index (χ1v) is 17.5. The van der Waals surface area contributed by atoms with Crippen molar-refractivity contribution >= 4 is 21.7 Å². The molecule has 11 nitrogen and oxygen atoms in total. The molecule has 2 aromatic heterocycles. The first kappa shape index (κ1) is 29.9. The highest BCUT2D eigenvalue weighted by molar-refractivity contribution is 7.90. The first-order chi connectivity index (χ1) is 21.7. The zero-order valence-electron chi connectivity index (χ0n) is 25.6. The monoisotopic (exact) mass is 632 g/mol. The zero-order valence-corrected chi connectivity index (χ0v) is 26.4. The number of ether oxygens (including phenoxy) is 1. The number of hydrogen-bond acceptors (Lipinski definition) is 10. The molecule has 4 aliphatic carbocycles. The third kappa shape index (κ3) is 6.48. The number of aromatic hydroxyl groups is 1. The van der Waals surface area contributed by atoms with Crippen molar-refractivity contribution in [2.24, 2.45) is 23.2 Å². The van der Waals surface area contributed by atoms with E-state index >= 15 is 0 Å². The summed E-state index contributed by atoms with van der Waals surface area (Å²) in [5, 5.41) is 18.2. The van der Waals surface area contributed by atoms with Crippen LogP contribution in [0, 0.1) is 23.2 Å². The average Bonchev–Trinajstić information content (AvgIpc) is 3.00. The maximum atomic E-state index is 13.1. The van der Waals surface area contributed by atoms with Crippen molar-refractivity contribution in [1.82, 2.24) is 24.8 Å². The number of pyridine rings is 1. The van der Waals surface area contributed by atoms with Gasteiger partial charge in [-0.3, -0.25) is 14.7 Å². The summed E-state index contributed by atoms with van der Waals surface area (Å²) in [6.45, 7) is 3.78. The van der Waals surface area contributed by atoms with Crippen molar-refractivity contribution in [3.63, 3.8) is 0 Å². The van der Waals surface area contributed by atoms with Crippen LogP contribution in [0.25, 0.3) is 11.1 Å². The lowest BCUT2D eigenvalue weighted by Crippen LogP contribution is -2.51. The molecule has 0 atom stereocenters. The number of aromatic nitrogens is 3. The molecule has 0 unspecified atom stereocenters. The molecule has 0 radical (unpaired) electrons. The Labute approximate surface area is 264 Å². The standard InChI is InChI=1S/C33H40N6O5S/c1-44-30-14-25(27-13-28(40)19-34-18-27)2-3-26(30)20-38-6-8-39(9-7-38)31-5-4-29(35-36-31)32(41)37-45(42,43)21-33-15-22-10-23(16-33)12-24(11-22)17-33/h2-5,13-14,18-19,22-24,40H,6-12,15-17,20-21H2,1H3,(H,37,41). The smallest absolute Gasteiger partial charge is 0.285 e. The predicted molar refractivity (Wildman–Crippen MR) is 169 cm³/mol. The van der Waals surface area contributed by atoms with Crippen molar-refractivity contribution < 1.29 is 23.1 Å². The van der Waals surface area contributed by atoms with Crippen LogP contribution in [0.1, 0.15) is 54.6 Å². The van der Waals surface area contributed by atoms with Crippen molar-refractivity contribution in [2.45, 2.75) is 45.1 Å². The number of amides is 1. The molecule has 3 aromatic rings. The number of methoxy groups -OCH3 is 1. The number of piperazine rings is 1. The molecule has 12 heteroatoms. The fraction of sp³-hybridized carbons (Fsp3) is 0.515. The van der Waals surface area contributed by atoms with Crippen molar-refractivity contribution in [3.05, 3.63) is 60.0 Å². The number of carbonyl (C=O) groups is 1. The van der Waals surface area contributed by atoms with Gasteiger partial charge in [-0.1, -0.05) is 12.1 Å². The molecule has 1 saturated heterocycles. The van der Waals surface area contributed by atoms with Crippen LogP contribution in [-0.4, -0.2) is 78.6 Å². The summed E-state index contributed by atoms with van der Waals surface area (Å²) < 4.78 is 34.2. The third-order valence-electron chi connectivity index (χ3n) is 10.2. The lowest BCUT2D eigenvalue weighted by atomic mass is 9.50. The van der Waals surface area contributed by atoms with E-state index in [2.05, 4.69) is 29.7 Å². The molecule has 4 bridgehead atoms. The largest absolute Gasteiger partial charge is 0.506 e. The van der Waals surface area contributed by atoms with Gasteiger partial charge in [-0.25, -0.2) is 13.1 Å². The van der Waals surface area contributed by atoms with Crippen LogP contribution in [0.15, 0.2) is 48.8 Å². The highest BCUT2D eigenvalue weighted by atomic mass is 32.2. The van der Waals surface area contributed by atoms with Gasteiger partial charge >= 0.3 is 0 Å². The molecule has 8 rings (SSSR count). The third-order valence-corrected chi connectivity index (χ3v) is 11.7. The van der Waals surface area contributed by atoms with Crippen LogP contribution in [0.2, 0.25) is 0 Å². The van der Waals surface area contributed by atoms with Gasteiger partial charge in [0.2, 0.25) is 10.0 Å². The van der Waals surface area contributed by atoms with Crippen LogP contribution in [-0.2, 0) is 16.6 Å². The maximum absolute atomic E-state index is 13.1. The van der Waals surface area contributed by atoms with Crippen LogP contribution in [0.5, 0.6) is 11.5 Å². The number of hydrogen-bond donors (Lipinski definition) is 2.